The van der Waals surface area contributed by atoms with Gasteiger partial charge in [0.05, 0.1) is 19.1 Å². The van der Waals surface area contributed by atoms with Crippen molar-refractivity contribution in [1.82, 2.24) is 10.0 Å². The van der Waals surface area contributed by atoms with E-state index in [2.05, 4.69) is 5.32 Å². The highest BCUT2D eigenvalue weighted by Gasteiger charge is 2.36. The molecule has 3 N–H and O–H groups in total. The normalized spacial score (nSPS) is 20.8. The van der Waals surface area contributed by atoms with Crippen molar-refractivity contribution in [1.29, 1.82) is 0 Å². The van der Waals surface area contributed by atoms with Gasteiger partial charge in [-0.1, -0.05) is 30.3 Å². The predicted molar refractivity (Wildman–Crippen MR) is 116 cm³/mol. The Morgan fingerprint density at radius 1 is 1.18 bits per heavy atom. The Kier molecular flexibility index (Phi) is 8.50. The van der Waals surface area contributed by atoms with E-state index >= 15 is 4.39 Å². The van der Waals surface area contributed by atoms with Gasteiger partial charge in [-0.15, -0.1) is 0 Å². The fourth-order valence-corrected chi connectivity index (χ4v) is 4.64. The molecule has 3 rings (SSSR count). The van der Waals surface area contributed by atoms with Crippen LogP contribution in [0.4, 0.5) is 17.6 Å². The number of benzene rings is 2. The number of piperidine rings is 1. The third-order valence-corrected chi connectivity index (χ3v) is 6.37. The number of rotatable bonds is 10. The van der Waals surface area contributed by atoms with Gasteiger partial charge in [-0.05, 0) is 31.0 Å². The number of hydrogen-bond donors (Lipinski definition) is 3. The van der Waals surface area contributed by atoms with Crippen molar-refractivity contribution in [3.05, 3.63) is 53.6 Å². The number of alkyl halides is 2. The number of para-hydroxylation sites is 1. The lowest BCUT2D eigenvalue weighted by Gasteiger charge is -2.35. The van der Waals surface area contributed by atoms with Crippen molar-refractivity contribution in [3.63, 3.8) is 0 Å². The van der Waals surface area contributed by atoms with Gasteiger partial charge in [0.1, 0.15) is 12.0 Å². The Labute approximate surface area is 194 Å². The zero-order chi connectivity index (χ0) is 24.9. The lowest BCUT2D eigenvalue weighted by atomic mass is 9.90. The predicted octanol–water partition coefficient (Wildman–Crippen LogP) is 2.94. The number of sulfonamides is 1. The first-order chi connectivity index (χ1) is 16.1. The van der Waals surface area contributed by atoms with E-state index in [0.29, 0.717) is 0 Å². The van der Waals surface area contributed by atoms with Crippen molar-refractivity contribution < 1.29 is 40.6 Å². The van der Waals surface area contributed by atoms with Crippen LogP contribution in [-0.4, -0.2) is 56.9 Å². The first-order valence-electron chi connectivity index (χ1n) is 10.5. The van der Waals surface area contributed by atoms with Gasteiger partial charge in [0, 0.05) is 17.2 Å². The summed E-state index contributed by atoms with van der Waals surface area (Å²) in [5.74, 6) is -3.02. The van der Waals surface area contributed by atoms with Crippen molar-refractivity contribution in [2.45, 2.75) is 37.5 Å². The van der Waals surface area contributed by atoms with Crippen molar-refractivity contribution in [3.8, 4) is 16.9 Å². The number of carboxylic acid groups (broad SMARTS) is 1. The van der Waals surface area contributed by atoms with E-state index in [0.717, 1.165) is 6.07 Å². The fourth-order valence-electron chi connectivity index (χ4n) is 3.85. The van der Waals surface area contributed by atoms with Gasteiger partial charge in [-0.3, -0.25) is 4.79 Å². The van der Waals surface area contributed by atoms with E-state index in [1.165, 1.54) is 30.3 Å². The van der Waals surface area contributed by atoms with Crippen molar-refractivity contribution >= 4 is 16.0 Å². The van der Waals surface area contributed by atoms with Gasteiger partial charge in [0.25, 0.3) is 0 Å². The van der Waals surface area contributed by atoms with E-state index in [9.17, 15) is 26.4 Å². The molecule has 1 saturated heterocycles. The number of carbonyl (C=O) groups is 1. The van der Waals surface area contributed by atoms with Crippen LogP contribution in [0, 0.1) is 11.6 Å². The molecule has 0 aliphatic carbocycles. The molecule has 2 aromatic rings. The summed E-state index contributed by atoms with van der Waals surface area (Å²) in [6.45, 7) is -0.114. The highest BCUT2D eigenvalue weighted by atomic mass is 32.2. The second kappa shape index (κ2) is 11.2. The van der Waals surface area contributed by atoms with Crippen LogP contribution in [0.2, 0.25) is 0 Å². The third kappa shape index (κ3) is 6.24. The Balaban J connectivity index is 1.91. The number of carboxylic acids is 1. The Hall–Kier alpha value is -2.70. The van der Waals surface area contributed by atoms with E-state index in [-0.39, 0.29) is 54.9 Å². The number of nitrogens with one attached hydrogen (secondary N) is 2. The molecule has 1 aliphatic heterocycles. The minimum atomic E-state index is -4.35. The first kappa shape index (κ1) is 25.9. The van der Waals surface area contributed by atoms with Gasteiger partial charge < -0.3 is 15.2 Å². The first-order valence-corrected chi connectivity index (χ1v) is 12.1. The summed E-state index contributed by atoms with van der Waals surface area (Å²) >= 11 is 0. The van der Waals surface area contributed by atoms with Gasteiger partial charge in [-0.25, -0.2) is 30.7 Å². The van der Waals surface area contributed by atoms with E-state index in [1.54, 1.807) is 0 Å². The molecule has 0 radical (unpaired) electrons. The highest BCUT2D eigenvalue weighted by Crippen LogP contribution is 2.35. The third-order valence-electron chi connectivity index (χ3n) is 5.45. The van der Waals surface area contributed by atoms with Gasteiger partial charge in [-0.2, -0.15) is 0 Å². The molecule has 2 aromatic carbocycles. The summed E-state index contributed by atoms with van der Waals surface area (Å²) in [5, 5.41) is 11.7. The average molecular weight is 505 g/mol. The minimum absolute atomic E-state index is 0.00116. The van der Waals surface area contributed by atoms with Crippen LogP contribution in [0.15, 0.2) is 36.4 Å². The molecule has 0 saturated carbocycles. The molecule has 1 fully saturated rings. The van der Waals surface area contributed by atoms with Crippen LogP contribution in [-0.2, 0) is 21.2 Å². The quantitative estimate of drug-likeness (QED) is 0.430. The molecule has 34 heavy (non-hydrogen) atoms. The minimum Gasteiger partial charge on any atom is -0.489 e. The summed E-state index contributed by atoms with van der Waals surface area (Å²) in [6, 6.07) is 4.27. The largest absolute Gasteiger partial charge is 0.489 e. The molecule has 186 valence electrons. The Morgan fingerprint density at radius 2 is 1.88 bits per heavy atom. The molecule has 7 nitrogen and oxygen atoms in total. The zero-order valence-corrected chi connectivity index (χ0v) is 18.8. The molecule has 0 amide bonds. The van der Waals surface area contributed by atoms with Crippen LogP contribution >= 0.6 is 0 Å². The van der Waals surface area contributed by atoms with Crippen LogP contribution in [0.1, 0.15) is 18.4 Å². The maximum absolute atomic E-state index is 15.5. The standard InChI is InChI=1S/C22H24F4N2O5S/c23-12-34(31,32)28-21-16(24)7-9-27-18(21)11-13-3-1-4-14(20(13)26)15-5-2-6-17(25)22(15)33-10-8-19(29)30/h1-6,16,18,21,27-28H,7-12H2,(H,29,30)/t16-,18-,21-/m0/s1. The van der Waals surface area contributed by atoms with Crippen LogP contribution in [0.25, 0.3) is 11.1 Å². The Bertz CT molecular complexity index is 1130. The van der Waals surface area contributed by atoms with Gasteiger partial charge >= 0.3 is 5.97 Å². The topological polar surface area (TPSA) is 105 Å². The van der Waals surface area contributed by atoms with E-state index < -0.39 is 51.9 Å². The maximum Gasteiger partial charge on any atom is 0.306 e. The maximum atomic E-state index is 15.5. The molecule has 0 bridgehead atoms. The summed E-state index contributed by atoms with van der Waals surface area (Å²) in [5.41, 5.74) is 0.115. The molecular formula is C22H24F4N2O5S. The molecular weight excluding hydrogens is 480 g/mol. The van der Waals surface area contributed by atoms with Gasteiger partial charge in [0.15, 0.2) is 11.6 Å². The lowest BCUT2D eigenvalue weighted by molar-refractivity contribution is -0.137. The summed E-state index contributed by atoms with van der Waals surface area (Å²) in [4.78, 5) is 10.7. The van der Waals surface area contributed by atoms with Crippen molar-refractivity contribution in [2.24, 2.45) is 0 Å². The van der Waals surface area contributed by atoms with Gasteiger partial charge in [0.2, 0.25) is 16.0 Å². The molecule has 0 aromatic heterocycles. The summed E-state index contributed by atoms with van der Waals surface area (Å²) in [7, 11) is -4.35. The summed E-state index contributed by atoms with van der Waals surface area (Å²) < 4.78 is 87.8. The molecule has 3 atom stereocenters. The van der Waals surface area contributed by atoms with Crippen molar-refractivity contribution in [2.75, 3.05) is 19.2 Å². The average Bonchev–Trinajstić information content (AvgIpc) is 2.78. The second-order valence-corrected chi connectivity index (χ2v) is 9.51. The Morgan fingerprint density at radius 3 is 2.59 bits per heavy atom. The number of hydrogen-bond acceptors (Lipinski definition) is 5. The monoisotopic (exact) mass is 504 g/mol. The number of halogens is 4. The molecule has 0 unspecified atom stereocenters. The van der Waals surface area contributed by atoms with Crippen LogP contribution in [0.3, 0.4) is 0 Å². The highest BCUT2D eigenvalue weighted by molar-refractivity contribution is 7.89. The molecule has 1 aliphatic rings. The van der Waals surface area contributed by atoms with E-state index in [1.807, 2.05) is 4.72 Å². The summed E-state index contributed by atoms with van der Waals surface area (Å²) in [6.07, 6.45) is -2.12. The lowest BCUT2D eigenvalue weighted by Crippen LogP contribution is -2.59. The smallest absolute Gasteiger partial charge is 0.306 e. The zero-order valence-electron chi connectivity index (χ0n) is 17.9. The number of ether oxygens (including phenoxy) is 1. The molecule has 12 heteroatoms. The molecule has 0 spiro atoms. The number of aliphatic carboxylic acids is 1. The second-order valence-electron chi connectivity index (χ2n) is 7.82. The van der Waals surface area contributed by atoms with Crippen LogP contribution in [0.5, 0.6) is 5.75 Å². The fraction of sp³-hybridized carbons (Fsp3) is 0.409. The molecule has 1 heterocycles. The SMILES string of the molecule is O=C(O)CCOc1c(F)cccc1-c1cccc(C[C@@H]2NCC[C@H](F)[C@@H]2NS(=O)(=O)CF)c1F. The van der Waals surface area contributed by atoms with Crippen LogP contribution < -0.4 is 14.8 Å². The van der Waals surface area contributed by atoms with E-state index in [4.69, 9.17) is 9.84 Å².